The van der Waals surface area contributed by atoms with Gasteiger partial charge in [0.1, 0.15) is 11.9 Å². The summed E-state index contributed by atoms with van der Waals surface area (Å²) in [6, 6.07) is 6.21. The van der Waals surface area contributed by atoms with Crippen molar-refractivity contribution in [2.45, 2.75) is 18.9 Å². The zero-order valence-electron chi connectivity index (χ0n) is 9.23. The van der Waals surface area contributed by atoms with Crippen molar-refractivity contribution in [1.82, 2.24) is 5.43 Å². The Morgan fingerprint density at radius 1 is 1.53 bits per heavy atom. The molecule has 1 aromatic carbocycles. The van der Waals surface area contributed by atoms with Crippen LogP contribution in [0.1, 0.15) is 18.4 Å². The Morgan fingerprint density at radius 2 is 2.35 bits per heavy atom. The van der Waals surface area contributed by atoms with Gasteiger partial charge in [-0.25, -0.2) is 9.82 Å². The monoisotopic (exact) mass is 236 g/mol. The molecule has 1 unspecified atom stereocenters. The summed E-state index contributed by atoms with van der Waals surface area (Å²) in [7, 11) is 0. The second-order valence-corrected chi connectivity index (χ2v) is 3.76. The van der Waals surface area contributed by atoms with E-state index >= 15 is 0 Å². The number of nitrogens with zero attached hydrogens (tertiary/aromatic N) is 1. The first-order valence-corrected chi connectivity index (χ1v) is 5.46. The van der Waals surface area contributed by atoms with Crippen LogP contribution in [0.15, 0.2) is 29.4 Å². The average molecular weight is 236 g/mol. The second-order valence-electron chi connectivity index (χ2n) is 3.76. The van der Waals surface area contributed by atoms with Crippen molar-refractivity contribution in [3.63, 3.8) is 0 Å². The van der Waals surface area contributed by atoms with E-state index in [0.717, 1.165) is 6.42 Å². The van der Waals surface area contributed by atoms with Gasteiger partial charge < -0.3 is 4.74 Å². The second kappa shape index (κ2) is 5.54. The molecule has 0 aromatic heterocycles. The highest BCUT2D eigenvalue weighted by Crippen LogP contribution is 2.11. The minimum atomic E-state index is -0.423. The normalized spacial score (nSPS) is 19.7. The van der Waals surface area contributed by atoms with Gasteiger partial charge in [0, 0.05) is 12.2 Å². The molecule has 1 aliphatic rings. The van der Waals surface area contributed by atoms with Crippen molar-refractivity contribution in [2.75, 3.05) is 6.61 Å². The predicted molar refractivity (Wildman–Crippen MR) is 61.1 cm³/mol. The van der Waals surface area contributed by atoms with Gasteiger partial charge in [-0.2, -0.15) is 5.10 Å². The molecular formula is C12H13FN2O2. The molecule has 0 radical (unpaired) electrons. The largest absolute Gasteiger partial charge is 0.368 e. The van der Waals surface area contributed by atoms with Crippen molar-refractivity contribution in [3.8, 4) is 0 Å². The maximum Gasteiger partial charge on any atom is 0.269 e. The number of benzene rings is 1. The molecule has 17 heavy (non-hydrogen) atoms. The lowest BCUT2D eigenvalue weighted by molar-refractivity contribution is -0.130. The Hall–Kier alpha value is -1.75. The number of amides is 1. The van der Waals surface area contributed by atoms with E-state index in [2.05, 4.69) is 10.5 Å². The van der Waals surface area contributed by atoms with Crippen LogP contribution in [-0.2, 0) is 9.53 Å². The number of carbonyl (C=O) groups excluding carboxylic acids is 1. The van der Waals surface area contributed by atoms with Gasteiger partial charge >= 0.3 is 0 Å². The fraction of sp³-hybridized carbons (Fsp3) is 0.333. The summed E-state index contributed by atoms with van der Waals surface area (Å²) in [4.78, 5) is 11.5. The van der Waals surface area contributed by atoms with E-state index in [4.69, 9.17) is 4.74 Å². The maximum absolute atomic E-state index is 13.2. The molecule has 4 nitrogen and oxygen atoms in total. The van der Waals surface area contributed by atoms with Crippen LogP contribution >= 0.6 is 0 Å². The van der Waals surface area contributed by atoms with Crippen LogP contribution in [0.25, 0.3) is 0 Å². The number of ether oxygens (including phenoxy) is 1. The maximum atomic E-state index is 13.2. The molecule has 0 bridgehead atoms. The molecule has 0 spiro atoms. The zero-order valence-corrected chi connectivity index (χ0v) is 9.23. The number of rotatable bonds is 3. The minimum Gasteiger partial charge on any atom is -0.368 e. The van der Waals surface area contributed by atoms with Gasteiger partial charge in [0.25, 0.3) is 5.91 Å². The number of halogens is 1. The van der Waals surface area contributed by atoms with Crippen LogP contribution in [0, 0.1) is 5.82 Å². The average Bonchev–Trinajstić information content (AvgIpc) is 2.85. The Bertz CT molecular complexity index is 428. The summed E-state index contributed by atoms with van der Waals surface area (Å²) in [6.45, 7) is 0.606. The highest BCUT2D eigenvalue weighted by molar-refractivity contribution is 5.84. The van der Waals surface area contributed by atoms with Crippen LogP contribution in [0.2, 0.25) is 0 Å². The summed E-state index contributed by atoms with van der Waals surface area (Å²) in [6.07, 6.45) is 2.45. The molecule has 1 aliphatic heterocycles. The molecule has 1 saturated heterocycles. The molecular weight excluding hydrogens is 223 g/mol. The fourth-order valence-corrected chi connectivity index (χ4v) is 1.60. The molecule has 1 N–H and O–H groups in total. The Balaban J connectivity index is 1.89. The number of hydrogen-bond acceptors (Lipinski definition) is 3. The third-order valence-electron chi connectivity index (χ3n) is 2.51. The zero-order chi connectivity index (χ0) is 12.1. The van der Waals surface area contributed by atoms with Gasteiger partial charge in [-0.05, 0) is 18.9 Å². The van der Waals surface area contributed by atoms with Crippen LogP contribution in [0.5, 0.6) is 0 Å². The Kier molecular flexibility index (Phi) is 3.82. The van der Waals surface area contributed by atoms with Crippen LogP contribution in [0.3, 0.4) is 0 Å². The summed E-state index contributed by atoms with van der Waals surface area (Å²) in [5.74, 6) is -0.655. The van der Waals surface area contributed by atoms with Gasteiger partial charge in [-0.15, -0.1) is 0 Å². The van der Waals surface area contributed by atoms with Crippen LogP contribution < -0.4 is 5.43 Å². The van der Waals surface area contributed by atoms with Crippen molar-refractivity contribution >= 4 is 12.1 Å². The first-order valence-electron chi connectivity index (χ1n) is 5.46. The Morgan fingerprint density at radius 3 is 3.06 bits per heavy atom. The highest BCUT2D eigenvalue weighted by Gasteiger charge is 2.22. The lowest BCUT2D eigenvalue weighted by Crippen LogP contribution is -2.30. The van der Waals surface area contributed by atoms with Gasteiger partial charge in [-0.3, -0.25) is 4.79 Å². The molecule has 90 valence electrons. The predicted octanol–water partition coefficient (Wildman–Crippen LogP) is 1.45. The lowest BCUT2D eigenvalue weighted by Gasteiger charge is -2.05. The molecule has 2 rings (SSSR count). The molecule has 1 atom stereocenters. The molecule has 1 fully saturated rings. The number of hydrazone groups is 1. The summed E-state index contributed by atoms with van der Waals surface area (Å²) in [5, 5.41) is 3.70. The van der Waals surface area contributed by atoms with E-state index in [1.165, 1.54) is 12.3 Å². The first-order chi connectivity index (χ1) is 8.27. The smallest absolute Gasteiger partial charge is 0.269 e. The molecule has 0 saturated carbocycles. The molecule has 0 aliphatic carbocycles. The van der Waals surface area contributed by atoms with E-state index in [1.54, 1.807) is 18.2 Å². The lowest BCUT2D eigenvalue weighted by atomic mass is 10.2. The summed E-state index contributed by atoms with van der Waals surface area (Å²) >= 11 is 0. The van der Waals surface area contributed by atoms with E-state index < -0.39 is 6.10 Å². The van der Waals surface area contributed by atoms with Crippen molar-refractivity contribution < 1.29 is 13.9 Å². The first kappa shape index (κ1) is 11.7. The number of carbonyl (C=O) groups is 1. The van der Waals surface area contributed by atoms with Crippen molar-refractivity contribution in [3.05, 3.63) is 35.6 Å². The van der Waals surface area contributed by atoms with Gasteiger partial charge in [0.15, 0.2) is 0 Å². The van der Waals surface area contributed by atoms with Crippen molar-refractivity contribution in [2.24, 2.45) is 5.10 Å². The van der Waals surface area contributed by atoms with E-state index in [1.807, 2.05) is 0 Å². The van der Waals surface area contributed by atoms with Gasteiger partial charge in [0.05, 0.1) is 6.21 Å². The van der Waals surface area contributed by atoms with Crippen molar-refractivity contribution in [1.29, 1.82) is 0 Å². The molecule has 1 aromatic rings. The topological polar surface area (TPSA) is 50.7 Å². The van der Waals surface area contributed by atoms with E-state index in [9.17, 15) is 9.18 Å². The number of nitrogens with one attached hydrogen (secondary N) is 1. The van der Waals surface area contributed by atoms with E-state index in [-0.39, 0.29) is 11.7 Å². The molecule has 1 heterocycles. The molecule has 5 heteroatoms. The van der Waals surface area contributed by atoms with Crippen LogP contribution in [0.4, 0.5) is 4.39 Å². The standard InChI is InChI=1S/C12H13FN2O2/c13-10-5-2-1-4-9(10)8-14-15-12(16)11-6-3-7-17-11/h1-2,4-5,8,11H,3,6-7H2,(H,15,16)/b14-8+. The third-order valence-corrected chi connectivity index (χ3v) is 2.51. The summed E-state index contributed by atoms with van der Waals surface area (Å²) in [5.41, 5.74) is 2.67. The third kappa shape index (κ3) is 3.10. The van der Waals surface area contributed by atoms with Gasteiger partial charge in [-0.1, -0.05) is 18.2 Å². The SMILES string of the molecule is O=C(N/N=C/c1ccccc1F)C1CCCO1. The fourth-order valence-electron chi connectivity index (χ4n) is 1.60. The summed E-state index contributed by atoms with van der Waals surface area (Å²) < 4.78 is 18.4. The quantitative estimate of drug-likeness (QED) is 0.638. The molecule has 1 amide bonds. The Labute approximate surface area is 98.5 Å². The van der Waals surface area contributed by atoms with Gasteiger partial charge in [0.2, 0.25) is 0 Å². The van der Waals surface area contributed by atoms with Crippen LogP contribution in [-0.4, -0.2) is 24.8 Å². The minimum absolute atomic E-state index is 0.282. The van der Waals surface area contributed by atoms with E-state index in [0.29, 0.717) is 18.6 Å². The number of hydrogen-bond donors (Lipinski definition) is 1. The highest BCUT2D eigenvalue weighted by atomic mass is 19.1.